The Morgan fingerprint density at radius 1 is 1.03 bits per heavy atom. The van der Waals surface area contributed by atoms with Crippen molar-refractivity contribution in [1.29, 1.82) is 0 Å². The van der Waals surface area contributed by atoms with E-state index in [1.54, 1.807) is 12.1 Å². The number of nitrogens with zero attached hydrogens (tertiary/aromatic N) is 3. The lowest BCUT2D eigenvalue weighted by Gasteiger charge is -2.35. The molecular formula is C27H32N4O4. The Kier molecular flexibility index (Phi) is 7.42. The van der Waals surface area contributed by atoms with Crippen LogP contribution in [0.3, 0.4) is 0 Å². The van der Waals surface area contributed by atoms with Gasteiger partial charge in [0.05, 0.1) is 31.6 Å². The first kappa shape index (κ1) is 23.5. The molecule has 3 aromatic rings. The van der Waals surface area contributed by atoms with Crippen molar-refractivity contribution < 1.29 is 18.7 Å². The van der Waals surface area contributed by atoms with Crippen molar-refractivity contribution in [3.63, 3.8) is 0 Å². The van der Waals surface area contributed by atoms with E-state index < -0.39 is 0 Å². The molecule has 1 unspecified atom stereocenters. The number of carbonyl (C=O) groups is 1. The molecule has 1 aromatic heterocycles. The van der Waals surface area contributed by atoms with E-state index in [1.807, 2.05) is 19.1 Å². The largest absolute Gasteiger partial charge is 0.441 e. The number of oxazole rings is 1. The number of para-hydroxylation sites is 1. The van der Waals surface area contributed by atoms with Gasteiger partial charge < -0.3 is 24.1 Å². The van der Waals surface area contributed by atoms with Crippen LogP contribution in [0.5, 0.6) is 0 Å². The summed E-state index contributed by atoms with van der Waals surface area (Å²) in [7, 11) is 0. The quantitative estimate of drug-likeness (QED) is 0.561. The van der Waals surface area contributed by atoms with E-state index in [9.17, 15) is 4.79 Å². The number of aryl methyl sites for hydroxylation is 1. The minimum Gasteiger partial charge on any atom is -0.441 e. The lowest BCUT2D eigenvalue weighted by molar-refractivity contribution is -0.0855. The summed E-state index contributed by atoms with van der Waals surface area (Å²) in [5, 5.41) is 2.91. The van der Waals surface area contributed by atoms with Gasteiger partial charge in [-0.1, -0.05) is 18.2 Å². The fourth-order valence-electron chi connectivity index (χ4n) is 4.44. The van der Waals surface area contributed by atoms with E-state index in [0.29, 0.717) is 37.8 Å². The van der Waals surface area contributed by atoms with Crippen LogP contribution in [0.25, 0.3) is 11.5 Å². The zero-order valence-electron chi connectivity index (χ0n) is 20.1. The first-order valence-corrected chi connectivity index (χ1v) is 12.2. The molecule has 0 bridgehead atoms. The van der Waals surface area contributed by atoms with E-state index in [0.717, 1.165) is 49.7 Å². The second-order valence-corrected chi connectivity index (χ2v) is 8.98. The smallest absolute Gasteiger partial charge is 0.251 e. The number of piperazine rings is 1. The third-order valence-corrected chi connectivity index (χ3v) is 6.53. The number of anilines is 1. The molecule has 0 saturated carbocycles. The molecule has 2 aliphatic heterocycles. The topological polar surface area (TPSA) is 80.1 Å². The highest BCUT2D eigenvalue weighted by Gasteiger charge is 2.21. The highest BCUT2D eigenvalue weighted by molar-refractivity contribution is 5.94. The first-order valence-electron chi connectivity index (χ1n) is 12.2. The van der Waals surface area contributed by atoms with Crippen LogP contribution >= 0.6 is 0 Å². The molecule has 1 N–H and O–H groups in total. The van der Waals surface area contributed by atoms with Gasteiger partial charge in [-0.15, -0.1) is 0 Å². The molecule has 2 saturated heterocycles. The van der Waals surface area contributed by atoms with Crippen LogP contribution in [0.2, 0.25) is 0 Å². The number of rotatable bonds is 7. The standard InChI is InChI=1S/C27H32N4O4/c1-20-25(18-30-11-13-31(14-12-30)23-5-3-2-4-6-23)29-27(35-20)22-9-7-21(8-10-22)26(32)28-17-24-19-33-15-16-34-24/h2-10,24H,11-19H2,1H3,(H,28,32). The number of hydrogen-bond donors (Lipinski definition) is 1. The van der Waals surface area contributed by atoms with Crippen molar-refractivity contribution in [2.24, 2.45) is 0 Å². The number of benzene rings is 2. The molecule has 2 fully saturated rings. The summed E-state index contributed by atoms with van der Waals surface area (Å²) < 4.78 is 16.9. The monoisotopic (exact) mass is 476 g/mol. The number of nitrogens with one attached hydrogen (secondary N) is 1. The number of aromatic nitrogens is 1. The van der Waals surface area contributed by atoms with E-state index in [-0.39, 0.29) is 12.0 Å². The summed E-state index contributed by atoms with van der Waals surface area (Å²) in [6.45, 7) is 8.81. The normalized spacial score (nSPS) is 19.0. The molecule has 8 heteroatoms. The zero-order valence-corrected chi connectivity index (χ0v) is 20.1. The highest BCUT2D eigenvalue weighted by atomic mass is 16.6. The van der Waals surface area contributed by atoms with Gasteiger partial charge in [-0.05, 0) is 43.3 Å². The average Bonchev–Trinajstić information content (AvgIpc) is 3.28. The van der Waals surface area contributed by atoms with E-state index in [1.165, 1.54) is 5.69 Å². The second kappa shape index (κ2) is 11.0. The van der Waals surface area contributed by atoms with Crippen molar-refractivity contribution in [3.05, 3.63) is 71.6 Å². The minimum absolute atomic E-state index is 0.0954. The van der Waals surface area contributed by atoms with Crippen LogP contribution in [0, 0.1) is 6.92 Å². The number of carbonyl (C=O) groups excluding carboxylic acids is 1. The van der Waals surface area contributed by atoms with Crippen molar-refractivity contribution in [2.75, 3.05) is 57.4 Å². The van der Waals surface area contributed by atoms with E-state index in [2.05, 4.69) is 45.4 Å². The maximum Gasteiger partial charge on any atom is 0.251 e. The Morgan fingerprint density at radius 2 is 1.80 bits per heavy atom. The van der Waals surface area contributed by atoms with Gasteiger partial charge in [-0.2, -0.15) is 0 Å². The van der Waals surface area contributed by atoms with Crippen LogP contribution in [0.1, 0.15) is 21.8 Å². The molecule has 2 aliphatic rings. The predicted octanol–water partition coefficient (Wildman–Crippen LogP) is 3.12. The van der Waals surface area contributed by atoms with Gasteiger partial charge in [0.25, 0.3) is 5.91 Å². The van der Waals surface area contributed by atoms with Gasteiger partial charge in [0.2, 0.25) is 5.89 Å². The fourth-order valence-corrected chi connectivity index (χ4v) is 4.44. The highest BCUT2D eigenvalue weighted by Crippen LogP contribution is 2.24. The van der Waals surface area contributed by atoms with E-state index >= 15 is 0 Å². The molecule has 2 aromatic carbocycles. The Balaban J connectivity index is 1.15. The van der Waals surface area contributed by atoms with E-state index in [4.69, 9.17) is 18.9 Å². The maximum atomic E-state index is 12.5. The van der Waals surface area contributed by atoms with Crippen molar-refractivity contribution in [2.45, 2.75) is 19.6 Å². The van der Waals surface area contributed by atoms with Gasteiger partial charge in [0.15, 0.2) is 0 Å². The van der Waals surface area contributed by atoms with Crippen LogP contribution in [0.15, 0.2) is 59.0 Å². The van der Waals surface area contributed by atoms with Crippen molar-refractivity contribution >= 4 is 11.6 Å². The molecule has 184 valence electrons. The minimum atomic E-state index is -0.135. The predicted molar refractivity (Wildman–Crippen MR) is 134 cm³/mol. The molecule has 0 radical (unpaired) electrons. The lowest BCUT2D eigenvalue weighted by Crippen LogP contribution is -2.46. The third-order valence-electron chi connectivity index (χ3n) is 6.53. The van der Waals surface area contributed by atoms with Crippen LogP contribution < -0.4 is 10.2 Å². The Bertz CT molecular complexity index is 1100. The first-order chi connectivity index (χ1) is 17.2. The molecule has 5 rings (SSSR count). The molecule has 1 atom stereocenters. The molecule has 0 spiro atoms. The number of ether oxygens (including phenoxy) is 2. The van der Waals surface area contributed by atoms with Crippen molar-refractivity contribution in [1.82, 2.24) is 15.2 Å². The maximum absolute atomic E-state index is 12.5. The molecule has 8 nitrogen and oxygen atoms in total. The zero-order chi connectivity index (χ0) is 24.0. The summed E-state index contributed by atoms with van der Waals surface area (Å²) >= 11 is 0. The van der Waals surface area contributed by atoms with Crippen LogP contribution in [-0.4, -0.2) is 74.4 Å². The Labute approximate surface area is 205 Å². The van der Waals surface area contributed by atoms with Gasteiger partial charge in [0.1, 0.15) is 5.76 Å². The lowest BCUT2D eigenvalue weighted by atomic mass is 10.1. The van der Waals surface area contributed by atoms with Crippen LogP contribution in [0.4, 0.5) is 5.69 Å². The van der Waals surface area contributed by atoms with Gasteiger partial charge in [-0.3, -0.25) is 9.69 Å². The summed E-state index contributed by atoms with van der Waals surface area (Å²) in [5.74, 6) is 1.28. The third kappa shape index (κ3) is 5.90. The SMILES string of the molecule is Cc1oc(-c2ccc(C(=O)NCC3COCCO3)cc2)nc1CN1CCN(c2ccccc2)CC1. The Morgan fingerprint density at radius 3 is 2.51 bits per heavy atom. The summed E-state index contributed by atoms with van der Waals surface area (Å²) in [4.78, 5) is 22.1. The van der Waals surface area contributed by atoms with Gasteiger partial charge in [0, 0.05) is 56.1 Å². The summed E-state index contributed by atoms with van der Waals surface area (Å²) in [5.41, 5.74) is 3.68. The van der Waals surface area contributed by atoms with Crippen LogP contribution in [-0.2, 0) is 16.0 Å². The molecule has 3 heterocycles. The fraction of sp³-hybridized carbons (Fsp3) is 0.407. The molecular weight excluding hydrogens is 444 g/mol. The summed E-state index contributed by atoms with van der Waals surface area (Å²) in [6, 6.07) is 17.9. The second-order valence-electron chi connectivity index (χ2n) is 8.98. The number of amides is 1. The molecule has 0 aliphatic carbocycles. The van der Waals surface area contributed by atoms with Gasteiger partial charge >= 0.3 is 0 Å². The van der Waals surface area contributed by atoms with Gasteiger partial charge in [-0.25, -0.2) is 4.98 Å². The summed E-state index contributed by atoms with van der Waals surface area (Å²) in [6.07, 6.45) is -0.0954. The molecule has 1 amide bonds. The molecule has 35 heavy (non-hydrogen) atoms. The number of hydrogen-bond acceptors (Lipinski definition) is 7. The van der Waals surface area contributed by atoms with Crippen molar-refractivity contribution in [3.8, 4) is 11.5 Å². The average molecular weight is 477 g/mol. The Hall–Kier alpha value is -3.20.